The predicted octanol–water partition coefficient (Wildman–Crippen LogP) is 2.98. The SMILES string of the molecule is COCCCNc1cc(Nc2ccc(C)cc2)ncn1. The summed E-state index contributed by atoms with van der Waals surface area (Å²) in [4.78, 5) is 8.40. The summed E-state index contributed by atoms with van der Waals surface area (Å²) in [5, 5.41) is 6.50. The molecule has 0 aliphatic carbocycles. The van der Waals surface area contributed by atoms with E-state index in [4.69, 9.17) is 4.74 Å². The van der Waals surface area contributed by atoms with Crippen LogP contribution in [0.1, 0.15) is 12.0 Å². The Balaban J connectivity index is 1.93. The molecule has 5 nitrogen and oxygen atoms in total. The van der Waals surface area contributed by atoms with Gasteiger partial charge in [0, 0.05) is 32.0 Å². The zero-order chi connectivity index (χ0) is 14.2. The molecule has 0 atom stereocenters. The monoisotopic (exact) mass is 272 g/mol. The van der Waals surface area contributed by atoms with E-state index in [1.807, 2.05) is 18.2 Å². The van der Waals surface area contributed by atoms with Gasteiger partial charge in [-0.25, -0.2) is 9.97 Å². The van der Waals surface area contributed by atoms with E-state index in [0.717, 1.165) is 36.9 Å². The van der Waals surface area contributed by atoms with Gasteiger partial charge in [0.25, 0.3) is 0 Å². The van der Waals surface area contributed by atoms with Gasteiger partial charge in [-0.3, -0.25) is 0 Å². The van der Waals surface area contributed by atoms with E-state index < -0.39 is 0 Å². The molecule has 0 aliphatic rings. The number of hydrogen-bond acceptors (Lipinski definition) is 5. The Hall–Kier alpha value is -2.14. The van der Waals surface area contributed by atoms with Crippen LogP contribution in [0.4, 0.5) is 17.3 Å². The molecule has 0 fully saturated rings. The number of methoxy groups -OCH3 is 1. The van der Waals surface area contributed by atoms with Gasteiger partial charge < -0.3 is 15.4 Å². The van der Waals surface area contributed by atoms with Crippen LogP contribution in [0.5, 0.6) is 0 Å². The molecular weight excluding hydrogens is 252 g/mol. The van der Waals surface area contributed by atoms with Gasteiger partial charge in [-0.2, -0.15) is 0 Å². The van der Waals surface area contributed by atoms with Gasteiger partial charge in [-0.1, -0.05) is 17.7 Å². The lowest BCUT2D eigenvalue weighted by molar-refractivity contribution is 0.198. The lowest BCUT2D eigenvalue weighted by atomic mass is 10.2. The number of aryl methyl sites for hydroxylation is 1. The maximum atomic E-state index is 5.01. The number of benzene rings is 1. The van der Waals surface area contributed by atoms with Crippen molar-refractivity contribution in [3.63, 3.8) is 0 Å². The van der Waals surface area contributed by atoms with Crippen molar-refractivity contribution in [2.24, 2.45) is 0 Å². The van der Waals surface area contributed by atoms with Crippen molar-refractivity contribution in [2.75, 3.05) is 30.9 Å². The fourth-order valence-electron chi connectivity index (χ4n) is 1.74. The molecule has 1 aromatic carbocycles. The van der Waals surface area contributed by atoms with Gasteiger partial charge in [-0.05, 0) is 25.5 Å². The first-order valence-electron chi connectivity index (χ1n) is 6.66. The lowest BCUT2D eigenvalue weighted by Crippen LogP contribution is -2.06. The molecule has 0 amide bonds. The summed E-state index contributed by atoms with van der Waals surface area (Å²) in [5.41, 5.74) is 2.25. The van der Waals surface area contributed by atoms with Gasteiger partial charge in [0.05, 0.1) is 0 Å². The molecule has 20 heavy (non-hydrogen) atoms. The average Bonchev–Trinajstić information content (AvgIpc) is 2.47. The van der Waals surface area contributed by atoms with Crippen LogP contribution in [0, 0.1) is 6.92 Å². The quantitative estimate of drug-likeness (QED) is 0.759. The van der Waals surface area contributed by atoms with Gasteiger partial charge in [0.15, 0.2) is 0 Å². The molecule has 0 radical (unpaired) electrons. The topological polar surface area (TPSA) is 59.1 Å². The molecule has 0 bridgehead atoms. The van der Waals surface area contributed by atoms with Crippen LogP contribution in [0.3, 0.4) is 0 Å². The first-order valence-corrected chi connectivity index (χ1v) is 6.66. The van der Waals surface area contributed by atoms with Crippen LogP contribution in [0.25, 0.3) is 0 Å². The number of hydrogen-bond donors (Lipinski definition) is 2. The predicted molar refractivity (Wildman–Crippen MR) is 81.5 cm³/mol. The molecular formula is C15H20N4O. The molecule has 5 heteroatoms. The highest BCUT2D eigenvalue weighted by molar-refractivity contribution is 5.58. The third-order valence-corrected chi connectivity index (χ3v) is 2.82. The summed E-state index contributed by atoms with van der Waals surface area (Å²) >= 11 is 0. The van der Waals surface area contributed by atoms with Crippen molar-refractivity contribution < 1.29 is 4.74 Å². The summed E-state index contributed by atoms with van der Waals surface area (Å²) in [6, 6.07) is 10.1. The Morgan fingerprint density at radius 2 is 1.85 bits per heavy atom. The fourth-order valence-corrected chi connectivity index (χ4v) is 1.74. The zero-order valence-corrected chi connectivity index (χ0v) is 11.9. The molecule has 106 valence electrons. The number of ether oxygens (including phenoxy) is 1. The largest absolute Gasteiger partial charge is 0.385 e. The zero-order valence-electron chi connectivity index (χ0n) is 11.9. The van der Waals surface area contributed by atoms with E-state index in [1.54, 1.807) is 13.4 Å². The molecule has 1 aromatic heterocycles. The maximum absolute atomic E-state index is 5.01. The number of aromatic nitrogens is 2. The van der Waals surface area contributed by atoms with Crippen molar-refractivity contribution in [3.05, 3.63) is 42.2 Å². The van der Waals surface area contributed by atoms with E-state index >= 15 is 0 Å². The first-order chi connectivity index (χ1) is 9.78. The van der Waals surface area contributed by atoms with Crippen LogP contribution < -0.4 is 10.6 Å². The second-order valence-electron chi connectivity index (χ2n) is 4.55. The first kappa shape index (κ1) is 14.3. The molecule has 2 aromatic rings. The molecule has 2 rings (SSSR count). The number of anilines is 3. The average molecular weight is 272 g/mol. The van der Waals surface area contributed by atoms with Crippen LogP contribution in [-0.4, -0.2) is 30.2 Å². The van der Waals surface area contributed by atoms with E-state index in [2.05, 4.69) is 39.7 Å². The standard InChI is InChI=1S/C15H20N4O/c1-12-4-6-13(7-5-12)19-15-10-14(17-11-18-15)16-8-3-9-20-2/h4-7,10-11H,3,8-9H2,1-2H3,(H2,16,17,18,19). The van der Waals surface area contributed by atoms with Gasteiger partial charge in [-0.15, -0.1) is 0 Å². The van der Waals surface area contributed by atoms with Crippen LogP contribution >= 0.6 is 0 Å². The highest BCUT2D eigenvalue weighted by atomic mass is 16.5. The normalized spacial score (nSPS) is 10.3. The summed E-state index contributed by atoms with van der Waals surface area (Å²) in [7, 11) is 1.70. The third kappa shape index (κ3) is 4.51. The molecule has 0 aliphatic heterocycles. The summed E-state index contributed by atoms with van der Waals surface area (Å²) in [5.74, 6) is 1.59. The van der Waals surface area contributed by atoms with Gasteiger partial charge in [0.1, 0.15) is 18.0 Å². The maximum Gasteiger partial charge on any atom is 0.135 e. The van der Waals surface area contributed by atoms with Crippen LogP contribution in [-0.2, 0) is 4.74 Å². The number of nitrogens with one attached hydrogen (secondary N) is 2. The summed E-state index contributed by atoms with van der Waals surface area (Å²) in [6.07, 6.45) is 2.50. The minimum absolute atomic E-state index is 0.743. The summed E-state index contributed by atoms with van der Waals surface area (Å²) in [6.45, 7) is 3.64. The number of rotatable bonds is 7. The van der Waals surface area contributed by atoms with Crippen molar-refractivity contribution in [1.82, 2.24) is 9.97 Å². The molecule has 0 saturated carbocycles. The van der Waals surface area contributed by atoms with E-state index in [1.165, 1.54) is 5.56 Å². The Morgan fingerprint density at radius 1 is 1.10 bits per heavy atom. The van der Waals surface area contributed by atoms with Crippen LogP contribution in [0.2, 0.25) is 0 Å². The van der Waals surface area contributed by atoms with Crippen molar-refractivity contribution in [1.29, 1.82) is 0 Å². The van der Waals surface area contributed by atoms with E-state index in [9.17, 15) is 0 Å². The van der Waals surface area contributed by atoms with Crippen LogP contribution in [0.15, 0.2) is 36.7 Å². The second-order valence-corrected chi connectivity index (χ2v) is 4.55. The molecule has 2 N–H and O–H groups in total. The second kappa shape index (κ2) is 7.45. The molecule has 0 unspecified atom stereocenters. The Labute approximate surface area is 119 Å². The van der Waals surface area contributed by atoms with E-state index in [-0.39, 0.29) is 0 Å². The van der Waals surface area contributed by atoms with Gasteiger partial charge in [0.2, 0.25) is 0 Å². The lowest BCUT2D eigenvalue weighted by Gasteiger charge is -2.08. The van der Waals surface area contributed by atoms with Crippen molar-refractivity contribution >= 4 is 17.3 Å². The summed E-state index contributed by atoms with van der Waals surface area (Å²) < 4.78 is 5.01. The Morgan fingerprint density at radius 3 is 2.60 bits per heavy atom. The molecule has 0 spiro atoms. The minimum atomic E-state index is 0.743. The highest BCUT2D eigenvalue weighted by Gasteiger charge is 1.99. The molecule has 1 heterocycles. The smallest absolute Gasteiger partial charge is 0.135 e. The third-order valence-electron chi connectivity index (χ3n) is 2.82. The van der Waals surface area contributed by atoms with Crippen molar-refractivity contribution in [3.8, 4) is 0 Å². The Kier molecular flexibility index (Phi) is 5.32. The molecule has 0 saturated heterocycles. The van der Waals surface area contributed by atoms with E-state index in [0.29, 0.717) is 0 Å². The minimum Gasteiger partial charge on any atom is -0.385 e. The fraction of sp³-hybridized carbons (Fsp3) is 0.333. The number of nitrogens with zero attached hydrogens (tertiary/aromatic N) is 2. The highest BCUT2D eigenvalue weighted by Crippen LogP contribution is 2.16. The van der Waals surface area contributed by atoms with Gasteiger partial charge >= 0.3 is 0 Å². The van der Waals surface area contributed by atoms with Crippen molar-refractivity contribution in [2.45, 2.75) is 13.3 Å². The Bertz CT molecular complexity index is 528.